The summed E-state index contributed by atoms with van der Waals surface area (Å²) < 4.78 is 48.7. The summed E-state index contributed by atoms with van der Waals surface area (Å²) in [4.78, 5) is 0. The van der Waals surface area contributed by atoms with Gasteiger partial charge in [0.05, 0.1) is 0 Å². The van der Waals surface area contributed by atoms with Crippen molar-refractivity contribution in [3.8, 4) is 11.8 Å². The van der Waals surface area contributed by atoms with Crippen molar-refractivity contribution in [2.24, 2.45) is 0 Å². The van der Waals surface area contributed by atoms with Crippen molar-refractivity contribution in [3.63, 3.8) is 0 Å². The van der Waals surface area contributed by atoms with Crippen molar-refractivity contribution < 1.29 is 48.6 Å². The molecule has 23 heavy (non-hydrogen) atoms. The van der Waals surface area contributed by atoms with E-state index >= 15 is 0 Å². The number of hydrogen-bond donors (Lipinski definition) is 0. The predicted octanol–water partition coefficient (Wildman–Crippen LogP) is 1.33. The summed E-state index contributed by atoms with van der Waals surface area (Å²) in [6.45, 7) is 31.5. The Balaban J connectivity index is -0.0000000611. The van der Waals surface area contributed by atoms with Crippen LogP contribution >= 0.6 is 0 Å². The van der Waals surface area contributed by atoms with Crippen LogP contribution in [0.5, 0.6) is 0 Å². The molecule has 0 atom stereocenters. The van der Waals surface area contributed by atoms with E-state index in [1.807, 2.05) is 27.7 Å². The first-order valence-electron chi connectivity index (χ1n) is 5.37. The molecule has 0 saturated carbocycles. The van der Waals surface area contributed by atoms with Gasteiger partial charge in [-0.15, -0.1) is 0 Å². The Morgan fingerprint density at radius 2 is 1.22 bits per heavy atom. The van der Waals surface area contributed by atoms with Crippen LogP contribution < -0.4 is 0 Å². The van der Waals surface area contributed by atoms with Gasteiger partial charge in [-0.1, -0.05) is 0 Å². The van der Waals surface area contributed by atoms with Crippen molar-refractivity contribution in [2.75, 3.05) is 13.2 Å². The Hall–Kier alpha value is -1.42. The third-order valence-corrected chi connectivity index (χ3v) is 1.59. The second kappa shape index (κ2) is 42.8. The topological polar surface area (TPSA) is 118 Å². The van der Waals surface area contributed by atoms with Crippen molar-refractivity contribution in [3.05, 3.63) is 33.3 Å². The van der Waals surface area contributed by atoms with E-state index in [0.717, 1.165) is 0 Å². The Labute approximate surface area is 145 Å². The first kappa shape index (κ1) is 37.7. The van der Waals surface area contributed by atoms with Crippen molar-refractivity contribution in [1.82, 2.24) is 0 Å². The van der Waals surface area contributed by atoms with Crippen molar-refractivity contribution in [2.45, 2.75) is 33.3 Å². The zero-order valence-electron chi connectivity index (χ0n) is 13.2. The van der Waals surface area contributed by atoms with E-state index in [1.54, 1.807) is 0 Å². The molecule has 0 unspecified atom stereocenters. The molecule has 8 heteroatoms. The molecule has 0 aromatic rings. The molecule has 7 nitrogen and oxygen atoms in total. The van der Waals surface area contributed by atoms with Crippen LogP contribution in [0.2, 0.25) is 0 Å². The van der Waals surface area contributed by atoms with Gasteiger partial charge in [0.25, 0.3) is 0 Å². The standard InChI is InChI=1S/C10H16O2.5CO.Cr/c1-5-11-9-7-8-10(3,4)12-6-2;5*1-2;/h5-6H2,1-4H3;;;;;;. The zero-order valence-corrected chi connectivity index (χ0v) is 14.5. The van der Waals surface area contributed by atoms with Gasteiger partial charge in [-0.2, -0.15) is 0 Å². The van der Waals surface area contributed by atoms with Gasteiger partial charge in [-0.3, -0.25) is 0 Å². The second-order valence-electron chi connectivity index (χ2n) is 2.91. The van der Waals surface area contributed by atoms with E-state index in [4.69, 9.17) is 32.7 Å². The summed E-state index contributed by atoms with van der Waals surface area (Å²) in [5.41, 5.74) is -0.402. The van der Waals surface area contributed by atoms with E-state index in [0.29, 0.717) is 17.8 Å². The normalized spacial score (nSPS) is 6.35. The Kier molecular flexibility index (Phi) is 70.0. The van der Waals surface area contributed by atoms with Gasteiger partial charge in [0.15, 0.2) is 0 Å². The van der Waals surface area contributed by atoms with Crippen LogP contribution in [0.1, 0.15) is 27.7 Å². The average molecular weight is 360 g/mol. The van der Waals surface area contributed by atoms with Crippen molar-refractivity contribution in [1.29, 1.82) is 0 Å². The van der Waals surface area contributed by atoms with Crippen LogP contribution in [0.3, 0.4) is 0 Å². The van der Waals surface area contributed by atoms with Gasteiger partial charge in [0.1, 0.15) is 0 Å². The molecule has 0 saturated heterocycles. The van der Waals surface area contributed by atoms with Gasteiger partial charge >= 0.3 is 145 Å². The molecule has 0 heterocycles. The Morgan fingerprint density at radius 1 is 0.870 bits per heavy atom. The zero-order chi connectivity index (χ0) is 20.3. The molecule has 0 radical (unpaired) electrons. The number of hydrogen-bond acceptors (Lipinski definition) is 2. The van der Waals surface area contributed by atoms with E-state index in [-0.39, 0.29) is 0 Å². The van der Waals surface area contributed by atoms with Crippen molar-refractivity contribution >= 4 is 4.57 Å². The van der Waals surface area contributed by atoms with Gasteiger partial charge in [0.2, 0.25) is 0 Å². The first-order valence-corrected chi connectivity index (χ1v) is 6.01. The summed E-state index contributed by atoms with van der Waals surface area (Å²) >= 11 is 2.76. The van der Waals surface area contributed by atoms with Crippen LogP contribution in [0, 0.1) is 45.1 Å². The van der Waals surface area contributed by atoms with Crippen LogP contribution in [0.15, 0.2) is 0 Å². The third-order valence-electron chi connectivity index (χ3n) is 1.25. The molecule has 0 rings (SSSR count). The fraction of sp³-hybridized carbons (Fsp3) is 0.467. The second-order valence-corrected chi connectivity index (χ2v) is 3.49. The summed E-state index contributed by atoms with van der Waals surface area (Å²) in [6, 6.07) is 0. The minimum absolute atomic E-state index is 0.402. The fourth-order valence-electron chi connectivity index (χ4n) is 0.766. The molecule has 124 valence electrons. The molecule has 0 aromatic carbocycles. The first-order chi connectivity index (χ1) is 11.0. The molecule has 0 spiro atoms. The number of ether oxygens (including phenoxy) is 2. The Morgan fingerprint density at radius 3 is 1.48 bits per heavy atom. The monoisotopic (exact) mass is 360 g/mol. The molecular formula is C15H16CrO7. The van der Waals surface area contributed by atoms with Gasteiger partial charge in [-0.25, -0.2) is 0 Å². The molecule has 0 bridgehead atoms. The van der Waals surface area contributed by atoms with Gasteiger partial charge in [-0.05, 0) is 0 Å². The van der Waals surface area contributed by atoms with Crippen LogP contribution in [0.25, 0.3) is 0 Å². The van der Waals surface area contributed by atoms with Crippen LogP contribution in [0.4, 0.5) is 0 Å². The SMILES string of the molecule is CCO[C](=[Cr])C#CC(C)(C)OCC.[C-]#[O+].[C-]#[O+].[C-]#[O+].[C-]#[O+].[C-]#[O+]. The number of rotatable bonds is 4. The summed E-state index contributed by atoms with van der Waals surface area (Å²) in [7, 11) is 0. The van der Waals surface area contributed by atoms with Gasteiger partial charge < -0.3 is 0 Å². The molecule has 0 amide bonds. The summed E-state index contributed by atoms with van der Waals surface area (Å²) in [5, 5.41) is 0. The molecule has 0 fully saturated rings. The quantitative estimate of drug-likeness (QED) is 0.427. The van der Waals surface area contributed by atoms with Gasteiger partial charge in [0, 0.05) is 0 Å². The summed E-state index contributed by atoms with van der Waals surface area (Å²) in [5.74, 6) is 5.85. The maximum atomic E-state index is 7.50. The Bertz CT molecular complexity index is 371. The van der Waals surface area contributed by atoms with Crippen LogP contribution in [-0.2, 0) is 48.6 Å². The molecular weight excluding hydrogens is 344 g/mol. The van der Waals surface area contributed by atoms with E-state index < -0.39 is 5.60 Å². The molecule has 0 N–H and O–H groups in total. The third kappa shape index (κ3) is 53.0. The average Bonchev–Trinajstić information content (AvgIpc) is 2.62. The van der Waals surface area contributed by atoms with E-state index in [2.05, 4.69) is 60.9 Å². The molecule has 0 aromatic heterocycles. The molecule has 0 aliphatic rings. The summed E-state index contributed by atoms with van der Waals surface area (Å²) in [6.07, 6.45) is 0. The van der Waals surface area contributed by atoms with Crippen LogP contribution in [-0.4, -0.2) is 23.4 Å². The van der Waals surface area contributed by atoms with E-state index in [9.17, 15) is 0 Å². The fourth-order valence-corrected chi connectivity index (χ4v) is 1.03. The maximum absolute atomic E-state index is 7.50. The molecule has 0 aliphatic heterocycles. The molecule has 0 aliphatic carbocycles. The van der Waals surface area contributed by atoms with E-state index in [1.165, 1.54) is 0 Å². The minimum atomic E-state index is -0.402. The predicted molar refractivity (Wildman–Crippen MR) is 69.8 cm³/mol.